The van der Waals surface area contributed by atoms with Crippen LogP contribution in [0, 0.1) is 11.3 Å². The van der Waals surface area contributed by atoms with Crippen LogP contribution < -0.4 is 4.90 Å². The first-order valence-corrected chi connectivity index (χ1v) is 10.7. The van der Waals surface area contributed by atoms with E-state index in [1.165, 1.54) is 0 Å². The Bertz CT molecular complexity index is 676. The van der Waals surface area contributed by atoms with E-state index in [1.807, 2.05) is 47.2 Å². The second-order valence-electron chi connectivity index (χ2n) is 9.11. The Kier molecular flexibility index (Phi) is 6.63. The number of benzene rings is 1. The van der Waals surface area contributed by atoms with Crippen LogP contribution in [-0.4, -0.2) is 61.4 Å². The molecule has 2 heterocycles. The largest absolute Gasteiger partial charge is 0.365 e. The summed E-state index contributed by atoms with van der Waals surface area (Å²) >= 11 is 0. The van der Waals surface area contributed by atoms with Crippen LogP contribution in [0.1, 0.15) is 46.0 Å². The Labute approximate surface area is 169 Å². The van der Waals surface area contributed by atoms with Gasteiger partial charge in [-0.2, -0.15) is 0 Å². The van der Waals surface area contributed by atoms with Gasteiger partial charge in [-0.05, 0) is 43.7 Å². The Morgan fingerprint density at radius 1 is 1.18 bits per heavy atom. The molecule has 154 valence electrons. The number of piperidine rings is 2. The van der Waals surface area contributed by atoms with Gasteiger partial charge in [0.05, 0.1) is 6.54 Å². The molecule has 5 heteroatoms. The van der Waals surface area contributed by atoms with Crippen LogP contribution >= 0.6 is 0 Å². The number of carbonyl (C=O) groups excluding carboxylic acids is 2. The standard InChI is InChI=1S/C23H35N3O2/c1-19(2)11-15-26-18-23(13-10-21(26)27)12-7-14-25(17-23)22(28)16-24(3)20-8-5-4-6-9-20/h4-6,8-9,19H,7,10-18H2,1-3H3/t23-/m0/s1. The number of nitrogens with zero attached hydrogens (tertiary/aromatic N) is 3. The fourth-order valence-corrected chi connectivity index (χ4v) is 4.55. The SMILES string of the molecule is CC(C)CCN1C[C@@]2(CCCN(C(=O)CN(C)c3ccccc3)C2)CCC1=O. The van der Waals surface area contributed by atoms with Crippen molar-refractivity contribution in [3.8, 4) is 0 Å². The van der Waals surface area contributed by atoms with Gasteiger partial charge < -0.3 is 14.7 Å². The molecule has 2 saturated heterocycles. The lowest BCUT2D eigenvalue weighted by atomic mass is 9.73. The highest BCUT2D eigenvalue weighted by atomic mass is 16.2. The predicted octanol–water partition coefficient (Wildman–Crippen LogP) is 3.40. The fourth-order valence-electron chi connectivity index (χ4n) is 4.55. The van der Waals surface area contributed by atoms with Gasteiger partial charge in [-0.1, -0.05) is 32.0 Å². The molecule has 3 rings (SSSR count). The molecule has 2 aliphatic rings. The minimum absolute atomic E-state index is 0.0874. The number of para-hydroxylation sites is 1. The van der Waals surface area contributed by atoms with E-state index in [-0.39, 0.29) is 11.3 Å². The average Bonchev–Trinajstić information content (AvgIpc) is 2.69. The summed E-state index contributed by atoms with van der Waals surface area (Å²) in [5, 5.41) is 0. The zero-order chi connectivity index (χ0) is 20.1. The van der Waals surface area contributed by atoms with Crippen molar-refractivity contribution >= 4 is 17.5 Å². The lowest BCUT2D eigenvalue weighted by molar-refractivity contribution is -0.142. The molecule has 0 aromatic heterocycles. The molecule has 1 aromatic carbocycles. The van der Waals surface area contributed by atoms with Crippen LogP contribution in [0.5, 0.6) is 0 Å². The van der Waals surface area contributed by atoms with Crippen molar-refractivity contribution in [1.29, 1.82) is 0 Å². The molecule has 0 saturated carbocycles. The smallest absolute Gasteiger partial charge is 0.242 e. The van der Waals surface area contributed by atoms with E-state index >= 15 is 0 Å². The number of rotatable bonds is 6. The van der Waals surface area contributed by atoms with E-state index in [4.69, 9.17) is 0 Å². The summed E-state index contributed by atoms with van der Waals surface area (Å²) in [6.07, 6.45) is 4.75. The number of hydrogen-bond acceptors (Lipinski definition) is 3. The molecule has 1 atom stereocenters. The van der Waals surface area contributed by atoms with Gasteiger partial charge in [0.1, 0.15) is 0 Å². The van der Waals surface area contributed by atoms with E-state index in [9.17, 15) is 9.59 Å². The normalized spacial score (nSPS) is 22.8. The molecule has 0 bridgehead atoms. The lowest BCUT2D eigenvalue weighted by Gasteiger charge is -2.48. The number of likely N-dealkylation sites (tertiary alicyclic amines) is 2. The highest BCUT2D eigenvalue weighted by molar-refractivity contribution is 5.81. The van der Waals surface area contributed by atoms with Crippen molar-refractivity contribution in [2.75, 3.05) is 44.7 Å². The first kappa shape index (κ1) is 20.7. The summed E-state index contributed by atoms with van der Waals surface area (Å²) in [7, 11) is 1.97. The summed E-state index contributed by atoms with van der Waals surface area (Å²) < 4.78 is 0. The van der Waals surface area contributed by atoms with Crippen molar-refractivity contribution in [2.24, 2.45) is 11.3 Å². The van der Waals surface area contributed by atoms with E-state index in [2.05, 4.69) is 18.7 Å². The number of likely N-dealkylation sites (N-methyl/N-ethyl adjacent to an activating group) is 1. The van der Waals surface area contributed by atoms with Gasteiger partial charge in [-0.25, -0.2) is 0 Å². The van der Waals surface area contributed by atoms with Gasteiger partial charge in [0.2, 0.25) is 11.8 Å². The Hall–Kier alpha value is -2.04. The first-order valence-electron chi connectivity index (χ1n) is 10.7. The number of hydrogen-bond donors (Lipinski definition) is 0. The van der Waals surface area contributed by atoms with Crippen LogP contribution in [0.4, 0.5) is 5.69 Å². The van der Waals surface area contributed by atoms with Crippen LogP contribution in [0.2, 0.25) is 0 Å². The third-order valence-corrected chi connectivity index (χ3v) is 6.31. The fraction of sp³-hybridized carbons (Fsp3) is 0.652. The minimum atomic E-state index is 0.0874. The minimum Gasteiger partial charge on any atom is -0.365 e. The quantitative estimate of drug-likeness (QED) is 0.754. The Morgan fingerprint density at radius 2 is 1.93 bits per heavy atom. The maximum absolute atomic E-state index is 13.0. The van der Waals surface area contributed by atoms with Crippen LogP contribution in [0.15, 0.2) is 30.3 Å². The monoisotopic (exact) mass is 385 g/mol. The highest BCUT2D eigenvalue weighted by Crippen LogP contribution is 2.39. The zero-order valence-electron chi connectivity index (χ0n) is 17.7. The van der Waals surface area contributed by atoms with Gasteiger partial charge in [0, 0.05) is 50.7 Å². The van der Waals surface area contributed by atoms with Crippen molar-refractivity contribution in [3.63, 3.8) is 0 Å². The van der Waals surface area contributed by atoms with Crippen LogP contribution in [-0.2, 0) is 9.59 Å². The third kappa shape index (κ3) is 5.06. The number of amides is 2. The Balaban J connectivity index is 1.61. The molecule has 0 N–H and O–H groups in total. The molecule has 5 nitrogen and oxygen atoms in total. The molecular formula is C23H35N3O2. The first-order chi connectivity index (χ1) is 13.4. The van der Waals surface area contributed by atoms with Gasteiger partial charge in [-0.15, -0.1) is 0 Å². The summed E-state index contributed by atoms with van der Waals surface area (Å²) in [6, 6.07) is 10.0. The summed E-state index contributed by atoms with van der Waals surface area (Å²) in [4.78, 5) is 31.5. The van der Waals surface area contributed by atoms with Crippen LogP contribution in [0.3, 0.4) is 0 Å². The molecule has 2 fully saturated rings. The van der Waals surface area contributed by atoms with Crippen molar-refractivity contribution < 1.29 is 9.59 Å². The molecular weight excluding hydrogens is 350 g/mol. The van der Waals surface area contributed by atoms with Crippen molar-refractivity contribution in [2.45, 2.75) is 46.0 Å². The molecule has 2 amide bonds. The molecule has 0 aliphatic carbocycles. The van der Waals surface area contributed by atoms with Gasteiger partial charge >= 0.3 is 0 Å². The molecule has 1 aromatic rings. The van der Waals surface area contributed by atoms with Gasteiger partial charge in [0.25, 0.3) is 0 Å². The molecule has 0 radical (unpaired) electrons. The number of anilines is 1. The van der Waals surface area contributed by atoms with Crippen molar-refractivity contribution in [3.05, 3.63) is 30.3 Å². The Morgan fingerprint density at radius 3 is 2.64 bits per heavy atom. The average molecular weight is 386 g/mol. The molecule has 28 heavy (non-hydrogen) atoms. The summed E-state index contributed by atoms with van der Waals surface area (Å²) in [5.41, 5.74) is 1.15. The lowest BCUT2D eigenvalue weighted by Crippen LogP contribution is -2.56. The van der Waals surface area contributed by atoms with E-state index < -0.39 is 0 Å². The molecule has 1 spiro atoms. The highest BCUT2D eigenvalue weighted by Gasteiger charge is 2.42. The molecule has 0 unspecified atom stereocenters. The second kappa shape index (κ2) is 8.97. The summed E-state index contributed by atoms with van der Waals surface area (Å²) in [6.45, 7) is 8.10. The van der Waals surface area contributed by atoms with E-state index in [1.54, 1.807) is 0 Å². The van der Waals surface area contributed by atoms with Gasteiger partial charge in [0.15, 0.2) is 0 Å². The van der Waals surface area contributed by atoms with E-state index in [0.29, 0.717) is 24.8 Å². The van der Waals surface area contributed by atoms with Gasteiger partial charge in [-0.3, -0.25) is 9.59 Å². The zero-order valence-corrected chi connectivity index (χ0v) is 17.7. The van der Waals surface area contributed by atoms with Crippen molar-refractivity contribution in [1.82, 2.24) is 9.80 Å². The maximum atomic E-state index is 13.0. The predicted molar refractivity (Wildman–Crippen MR) is 113 cm³/mol. The van der Waals surface area contributed by atoms with Crippen LogP contribution in [0.25, 0.3) is 0 Å². The maximum Gasteiger partial charge on any atom is 0.242 e. The molecule has 2 aliphatic heterocycles. The van der Waals surface area contributed by atoms with E-state index in [0.717, 1.165) is 57.5 Å². The third-order valence-electron chi connectivity index (χ3n) is 6.31. The topological polar surface area (TPSA) is 43.9 Å². The summed E-state index contributed by atoms with van der Waals surface area (Å²) in [5.74, 6) is 1.08. The second-order valence-corrected chi connectivity index (χ2v) is 9.11. The number of carbonyl (C=O) groups is 2.